The maximum absolute atomic E-state index is 11.9. The van der Waals surface area contributed by atoms with E-state index < -0.39 is 13.0 Å². The first-order chi connectivity index (χ1) is 7.16. The van der Waals surface area contributed by atoms with Gasteiger partial charge >= 0.3 is 0 Å². The number of alkyl halides is 2. The molecule has 0 saturated heterocycles. The number of thiophene rings is 1. The molecule has 4 nitrogen and oxygen atoms in total. The van der Waals surface area contributed by atoms with Gasteiger partial charge in [-0.15, -0.1) is 11.3 Å². The van der Waals surface area contributed by atoms with E-state index in [1.54, 1.807) is 11.4 Å². The van der Waals surface area contributed by atoms with E-state index in [-0.39, 0.29) is 11.8 Å². The molecule has 0 bridgehead atoms. The van der Waals surface area contributed by atoms with E-state index >= 15 is 0 Å². The number of anilines is 1. The molecule has 0 aromatic carbocycles. The van der Waals surface area contributed by atoms with Crippen LogP contribution in [-0.2, 0) is 0 Å². The zero-order valence-corrected chi connectivity index (χ0v) is 8.30. The number of ether oxygens (including phenoxy) is 1. The first-order valence-corrected chi connectivity index (χ1v) is 4.96. The second-order valence-electron chi connectivity index (χ2n) is 2.73. The highest BCUT2D eigenvalue weighted by molar-refractivity contribution is 7.16. The molecule has 2 aromatic heterocycles. The lowest BCUT2D eigenvalue weighted by atomic mass is 10.4. The molecule has 0 atom stereocenters. The van der Waals surface area contributed by atoms with Gasteiger partial charge < -0.3 is 10.5 Å². The summed E-state index contributed by atoms with van der Waals surface area (Å²) in [5.41, 5.74) is 5.41. The van der Waals surface area contributed by atoms with Crippen molar-refractivity contribution >= 4 is 27.5 Å². The average molecular weight is 231 g/mol. The van der Waals surface area contributed by atoms with Gasteiger partial charge in [0.2, 0.25) is 11.8 Å². The zero-order valence-electron chi connectivity index (χ0n) is 7.48. The van der Waals surface area contributed by atoms with Crippen molar-refractivity contribution in [3.05, 3.63) is 11.4 Å². The van der Waals surface area contributed by atoms with E-state index in [1.165, 1.54) is 11.3 Å². The summed E-state index contributed by atoms with van der Waals surface area (Å²) >= 11 is 1.35. The minimum atomic E-state index is -2.53. The molecule has 0 unspecified atom stereocenters. The van der Waals surface area contributed by atoms with E-state index in [1.807, 2.05) is 0 Å². The molecule has 2 heterocycles. The van der Waals surface area contributed by atoms with Crippen molar-refractivity contribution in [1.29, 1.82) is 0 Å². The van der Waals surface area contributed by atoms with Gasteiger partial charge in [-0.1, -0.05) is 0 Å². The van der Waals surface area contributed by atoms with Crippen LogP contribution in [0.5, 0.6) is 5.88 Å². The Morgan fingerprint density at radius 1 is 1.47 bits per heavy atom. The molecule has 80 valence electrons. The molecule has 7 heteroatoms. The van der Waals surface area contributed by atoms with Gasteiger partial charge in [-0.25, -0.2) is 13.8 Å². The van der Waals surface area contributed by atoms with Crippen LogP contribution < -0.4 is 10.5 Å². The lowest BCUT2D eigenvalue weighted by Crippen LogP contribution is -2.09. The van der Waals surface area contributed by atoms with Gasteiger partial charge in [0.25, 0.3) is 6.43 Å². The van der Waals surface area contributed by atoms with E-state index in [4.69, 9.17) is 10.5 Å². The summed E-state index contributed by atoms with van der Waals surface area (Å²) in [4.78, 5) is 8.34. The minimum absolute atomic E-state index is 0.0224. The number of fused-ring (bicyclic) bond motifs is 1. The summed E-state index contributed by atoms with van der Waals surface area (Å²) in [6.45, 7) is -0.693. The number of rotatable bonds is 3. The van der Waals surface area contributed by atoms with Crippen LogP contribution >= 0.6 is 11.3 Å². The lowest BCUT2D eigenvalue weighted by Gasteiger charge is -2.05. The molecule has 0 aliphatic rings. The molecule has 0 spiro atoms. The Bertz CT molecular complexity index is 474. The van der Waals surface area contributed by atoms with Gasteiger partial charge in [-0.05, 0) is 11.4 Å². The SMILES string of the molecule is Nc1nc(OCC(F)F)c2ccsc2n1. The van der Waals surface area contributed by atoms with Gasteiger partial charge in [-0.3, -0.25) is 0 Å². The predicted molar refractivity (Wildman–Crippen MR) is 53.3 cm³/mol. The predicted octanol–water partition coefficient (Wildman–Crippen LogP) is 1.92. The second kappa shape index (κ2) is 3.93. The highest BCUT2D eigenvalue weighted by Crippen LogP contribution is 2.27. The molecule has 0 amide bonds. The van der Waals surface area contributed by atoms with Gasteiger partial charge in [-0.2, -0.15) is 4.98 Å². The maximum atomic E-state index is 11.9. The summed E-state index contributed by atoms with van der Waals surface area (Å²) in [5, 5.41) is 2.38. The minimum Gasteiger partial charge on any atom is -0.471 e. The number of nitrogens with zero attached hydrogens (tertiary/aromatic N) is 2. The van der Waals surface area contributed by atoms with Gasteiger partial charge in [0.1, 0.15) is 4.83 Å². The van der Waals surface area contributed by atoms with Crippen LogP contribution in [0.3, 0.4) is 0 Å². The zero-order chi connectivity index (χ0) is 10.8. The van der Waals surface area contributed by atoms with E-state index in [9.17, 15) is 8.78 Å². The summed E-state index contributed by atoms with van der Waals surface area (Å²) < 4.78 is 28.7. The van der Waals surface area contributed by atoms with Crippen molar-refractivity contribution < 1.29 is 13.5 Å². The van der Waals surface area contributed by atoms with Crippen molar-refractivity contribution in [1.82, 2.24) is 9.97 Å². The highest BCUT2D eigenvalue weighted by Gasteiger charge is 2.10. The molecule has 2 N–H and O–H groups in total. The van der Waals surface area contributed by atoms with Crippen LogP contribution in [0.25, 0.3) is 10.2 Å². The summed E-state index contributed by atoms with van der Waals surface area (Å²) in [6.07, 6.45) is -2.53. The second-order valence-corrected chi connectivity index (χ2v) is 3.62. The molecule has 0 aliphatic heterocycles. The van der Waals surface area contributed by atoms with Crippen molar-refractivity contribution in [3.8, 4) is 5.88 Å². The third kappa shape index (κ3) is 2.12. The van der Waals surface area contributed by atoms with Crippen LogP contribution in [-0.4, -0.2) is 23.0 Å². The van der Waals surface area contributed by atoms with Crippen LogP contribution in [0, 0.1) is 0 Å². The number of hydrogen-bond acceptors (Lipinski definition) is 5. The van der Waals surface area contributed by atoms with Crippen molar-refractivity contribution in [3.63, 3.8) is 0 Å². The molecule has 0 saturated carbocycles. The molecule has 2 aromatic rings. The number of hydrogen-bond donors (Lipinski definition) is 1. The van der Waals surface area contributed by atoms with Crippen LogP contribution in [0.2, 0.25) is 0 Å². The van der Waals surface area contributed by atoms with Gasteiger partial charge in [0.15, 0.2) is 6.61 Å². The van der Waals surface area contributed by atoms with E-state index in [0.29, 0.717) is 10.2 Å². The average Bonchev–Trinajstić information content (AvgIpc) is 2.61. The Morgan fingerprint density at radius 2 is 2.27 bits per heavy atom. The fraction of sp³-hybridized carbons (Fsp3) is 0.250. The number of halogens is 2. The first kappa shape index (κ1) is 10.0. The fourth-order valence-corrected chi connectivity index (χ4v) is 1.86. The quantitative estimate of drug-likeness (QED) is 0.876. The maximum Gasteiger partial charge on any atom is 0.272 e. The number of aromatic nitrogens is 2. The molecule has 2 rings (SSSR count). The molecule has 0 radical (unpaired) electrons. The van der Waals surface area contributed by atoms with E-state index in [2.05, 4.69) is 9.97 Å². The highest BCUT2D eigenvalue weighted by atomic mass is 32.1. The van der Waals surface area contributed by atoms with Crippen LogP contribution in [0.4, 0.5) is 14.7 Å². The normalized spacial score (nSPS) is 11.1. The number of nitrogen functional groups attached to an aromatic ring is 1. The van der Waals surface area contributed by atoms with Gasteiger partial charge in [0.05, 0.1) is 5.39 Å². The monoisotopic (exact) mass is 231 g/mol. The first-order valence-electron chi connectivity index (χ1n) is 4.08. The smallest absolute Gasteiger partial charge is 0.272 e. The molecule has 0 aliphatic carbocycles. The number of nitrogens with two attached hydrogens (primary N) is 1. The summed E-state index contributed by atoms with van der Waals surface area (Å²) in [7, 11) is 0. The topological polar surface area (TPSA) is 61.0 Å². The van der Waals surface area contributed by atoms with E-state index in [0.717, 1.165) is 0 Å². The third-order valence-electron chi connectivity index (χ3n) is 1.65. The molecular weight excluding hydrogens is 224 g/mol. The van der Waals surface area contributed by atoms with Crippen LogP contribution in [0.15, 0.2) is 11.4 Å². The Morgan fingerprint density at radius 3 is 3.00 bits per heavy atom. The fourth-order valence-electron chi connectivity index (χ4n) is 1.10. The summed E-state index contributed by atoms with van der Waals surface area (Å²) in [6, 6.07) is 1.71. The third-order valence-corrected chi connectivity index (χ3v) is 2.46. The van der Waals surface area contributed by atoms with Crippen LogP contribution in [0.1, 0.15) is 0 Å². The standard InChI is InChI=1S/C8H7F2N3OS/c9-5(10)3-14-6-4-1-2-15-7(4)13-8(11)12-6/h1-2,5H,3H2,(H2,11,12,13). The molecule has 15 heavy (non-hydrogen) atoms. The van der Waals surface area contributed by atoms with Crippen molar-refractivity contribution in [2.45, 2.75) is 6.43 Å². The Labute approximate surface area is 87.7 Å². The largest absolute Gasteiger partial charge is 0.471 e. The van der Waals surface area contributed by atoms with Gasteiger partial charge in [0, 0.05) is 0 Å². The van der Waals surface area contributed by atoms with Crippen molar-refractivity contribution in [2.75, 3.05) is 12.3 Å². The Kier molecular flexibility index (Phi) is 2.63. The Balaban J connectivity index is 2.35. The Hall–Kier alpha value is -1.50. The molecular formula is C8H7F2N3OS. The molecule has 0 fully saturated rings. The lowest BCUT2D eigenvalue weighted by molar-refractivity contribution is 0.0805. The van der Waals surface area contributed by atoms with Crippen molar-refractivity contribution in [2.24, 2.45) is 0 Å². The summed E-state index contributed by atoms with van der Waals surface area (Å²) in [5.74, 6) is 0.133.